The predicted molar refractivity (Wildman–Crippen MR) is 67.1 cm³/mol. The van der Waals surface area contributed by atoms with Crippen molar-refractivity contribution in [3.05, 3.63) is 59.7 Å². The first-order valence-corrected chi connectivity index (χ1v) is 5.64. The average Bonchev–Trinajstić information content (AvgIpc) is 2.72. The summed E-state index contributed by atoms with van der Waals surface area (Å²) in [4.78, 5) is 15.3. The minimum atomic E-state index is -0.240. The number of allylic oxidation sites excluding steroid dienone is 2. The number of fused-ring (bicyclic) bond motifs is 1. The molecule has 17 heavy (non-hydrogen) atoms. The zero-order chi connectivity index (χ0) is 11.7. The minimum Gasteiger partial charge on any atom is -0.324 e. The summed E-state index contributed by atoms with van der Waals surface area (Å²) < 4.78 is 0. The topological polar surface area (TPSA) is 41.5 Å². The van der Waals surface area contributed by atoms with Crippen LogP contribution in [0.25, 0.3) is 0 Å². The summed E-state index contributed by atoms with van der Waals surface area (Å²) in [5, 5.41) is 2.80. The maximum absolute atomic E-state index is 11.2. The quantitative estimate of drug-likeness (QED) is 0.822. The number of amides is 2. The van der Waals surface area contributed by atoms with E-state index >= 15 is 0 Å². The van der Waals surface area contributed by atoms with Crippen molar-refractivity contribution in [3.63, 3.8) is 0 Å². The van der Waals surface area contributed by atoms with Gasteiger partial charge in [0, 0.05) is 0 Å². The second-order valence-electron chi connectivity index (χ2n) is 4.16. The zero-order valence-electron chi connectivity index (χ0n) is 9.26. The first-order valence-electron chi connectivity index (χ1n) is 5.64. The van der Waals surface area contributed by atoms with Gasteiger partial charge in [0.2, 0.25) is 0 Å². The van der Waals surface area contributed by atoms with E-state index in [1.165, 1.54) is 5.56 Å². The maximum Gasteiger partial charge on any atom is 0.342 e. The van der Waals surface area contributed by atoms with E-state index in [1.807, 2.05) is 36.4 Å². The van der Waals surface area contributed by atoms with Gasteiger partial charge in [-0.1, -0.05) is 48.6 Å². The molecule has 1 aliphatic heterocycles. The molecule has 0 bridgehead atoms. The molecule has 2 amide bonds. The van der Waals surface area contributed by atoms with Gasteiger partial charge in [-0.2, -0.15) is 4.99 Å². The summed E-state index contributed by atoms with van der Waals surface area (Å²) >= 11 is 0. The van der Waals surface area contributed by atoms with Crippen LogP contribution in [0.4, 0.5) is 4.79 Å². The molecule has 0 aromatic heterocycles. The van der Waals surface area contributed by atoms with Crippen molar-refractivity contribution in [2.24, 2.45) is 4.99 Å². The molecule has 3 heteroatoms. The Hall–Kier alpha value is -2.16. The smallest absolute Gasteiger partial charge is 0.324 e. The minimum absolute atomic E-state index is 0.0359. The van der Waals surface area contributed by atoms with Crippen molar-refractivity contribution < 1.29 is 4.79 Å². The Morgan fingerprint density at radius 1 is 1.24 bits per heavy atom. The van der Waals surface area contributed by atoms with Crippen LogP contribution in [0.3, 0.4) is 0 Å². The highest BCUT2D eigenvalue weighted by molar-refractivity contribution is 6.15. The fraction of sp³-hybridized carbons (Fsp3) is 0.143. The molecule has 1 aliphatic carbocycles. The molecule has 0 saturated carbocycles. The van der Waals surface area contributed by atoms with E-state index in [1.54, 1.807) is 0 Å². The lowest BCUT2D eigenvalue weighted by Crippen LogP contribution is -2.32. The number of benzene rings is 1. The summed E-state index contributed by atoms with van der Waals surface area (Å²) in [7, 11) is 0. The van der Waals surface area contributed by atoms with E-state index in [-0.39, 0.29) is 12.1 Å². The van der Waals surface area contributed by atoms with Gasteiger partial charge in [0.15, 0.2) is 0 Å². The van der Waals surface area contributed by atoms with Gasteiger partial charge in [-0.05, 0) is 17.6 Å². The fourth-order valence-corrected chi connectivity index (χ4v) is 2.16. The Labute approximate surface area is 99.6 Å². The lowest BCUT2D eigenvalue weighted by molar-refractivity contribution is 0.251. The zero-order valence-corrected chi connectivity index (χ0v) is 9.26. The summed E-state index contributed by atoms with van der Waals surface area (Å²) in [5.74, 6) is 0. The molecule has 3 rings (SSSR count). The molecule has 2 aliphatic rings. The highest BCUT2D eigenvalue weighted by Gasteiger charge is 2.27. The van der Waals surface area contributed by atoms with Gasteiger partial charge in [-0.3, -0.25) is 0 Å². The lowest BCUT2D eigenvalue weighted by atomic mass is 9.93. The highest BCUT2D eigenvalue weighted by Crippen LogP contribution is 2.19. The van der Waals surface area contributed by atoms with E-state index in [0.717, 1.165) is 17.7 Å². The molecular weight excluding hydrogens is 212 g/mol. The number of carbonyl (C=O) groups excluding carboxylic acids is 1. The number of nitrogens with one attached hydrogen (secondary N) is 1. The third-order valence-corrected chi connectivity index (χ3v) is 2.96. The Kier molecular flexibility index (Phi) is 2.37. The molecule has 1 unspecified atom stereocenters. The van der Waals surface area contributed by atoms with Gasteiger partial charge in [0.25, 0.3) is 0 Å². The number of rotatable bonds is 2. The van der Waals surface area contributed by atoms with Crippen LogP contribution in [0.1, 0.15) is 5.56 Å². The number of hydrogen-bond donors (Lipinski definition) is 1. The van der Waals surface area contributed by atoms with Gasteiger partial charge in [-0.15, -0.1) is 0 Å². The normalized spacial score (nSPS) is 21.6. The van der Waals surface area contributed by atoms with Crippen molar-refractivity contribution in [1.82, 2.24) is 5.32 Å². The van der Waals surface area contributed by atoms with Crippen molar-refractivity contribution in [3.8, 4) is 0 Å². The number of carbonyl (C=O) groups is 1. The van der Waals surface area contributed by atoms with E-state index in [2.05, 4.69) is 22.4 Å². The monoisotopic (exact) mass is 224 g/mol. The molecule has 0 fully saturated rings. The molecule has 1 heterocycles. The highest BCUT2D eigenvalue weighted by atomic mass is 16.2. The molecule has 1 N–H and O–H groups in total. The third kappa shape index (κ3) is 1.91. The van der Waals surface area contributed by atoms with Crippen molar-refractivity contribution in [2.45, 2.75) is 12.5 Å². The Bertz CT molecular complexity index is 541. The van der Waals surface area contributed by atoms with Crippen LogP contribution in [0, 0.1) is 0 Å². The van der Waals surface area contributed by atoms with E-state index < -0.39 is 0 Å². The number of urea groups is 1. The van der Waals surface area contributed by atoms with Crippen LogP contribution in [0.2, 0.25) is 0 Å². The molecule has 0 saturated heterocycles. The van der Waals surface area contributed by atoms with E-state index in [4.69, 9.17) is 0 Å². The lowest BCUT2D eigenvalue weighted by Gasteiger charge is -2.15. The molecule has 1 aromatic rings. The van der Waals surface area contributed by atoms with Crippen molar-refractivity contribution >= 4 is 11.7 Å². The number of aliphatic imine (C=N–C) groups is 1. The molecule has 0 spiro atoms. The van der Waals surface area contributed by atoms with E-state index in [9.17, 15) is 4.79 Å². The summed E-state index contributed by atoms with van der Waals surface area (Å²) in [6.07, 6.45) is 6.78. The summed E-state index contributed by atoms with van der Waals surface area (Å²) in [5.41, 5.74) is 3.21. The van der Waals surface area contributed by atoms with Crippen LogP contribution < -0.4 is 5.32 Å². The Morgan fingerprint density at radius 2 is 2.06 bits per heavy atom. The van der Waals surface area contributed by atoms with Gasteiger partial charge < -0.3 is 5.32 Å². The molecule has 3 nitrogen and oxygen atoms in total. The molecular formula is C14H12N2O. The van der Waals surface area contributed by atoms with E-state index in [0.29, 0.717) is 0 Å². The van der Waals surface area contributed by atoms with Gasteiger partial charge in [0.05, 0.1) is 11.8 Å². The van der Waals surface area contributed by atoms with Crippen molar-refractivity contribution in [2.75, 3.05) is 0 Å². The molecule has 0 radical (unpaired) electrons. The Balaban J connectivity index is 1.88. The largest absolute Gasteiger partial charge is 0.342 e. The molecule has 84 valence electrons. The summed E-state index contributed by atoms with van der Waals surface area (Å²) in [6.45, 7) is 0. The van der Waals surface area contributed by atoms with Crippen LogP contribution in [0.5, 0.6) is 0 Å². The van der Waals surface area contributed by atoms with Gasteiger partial charge >= 0.3 is 6.03 Å². The van der Waals surface area contributed by atoms with Crippen LogP contribution >= 0.6 is 0 Å². The predicted octanol–water partition coefficient (Wildman–Crippen LogP) is 2.26. The maximum atomic E-state index is 11.2. The summed E-state index contributed by atoms with van der Waals surface area (Å²) in [6, 6.07) is 9.93. The average molecular weight is 224 g/mol. The number of hydrogen-bond acceptors (Lipinski definition) is 1. The second kappa shape index (κ2) is 4.01. The SMILES string of the molecule is O=C1N=C2C(Cc3ccccc3)=CC=CC2N1. The first-order chi connectivity index (χ1) is 8.33. The number of nitrogens with zero attached hydrogens (tertiary/aromatic N) is 1. The first kappa shape index (κ1) is 10.0. The second-order valence-corrected chi connectivity index (χ2v) is 4.16. The molecule has 1 aromatic carbocycles. The fourth-order valence-electron chi connectivity index (χ4n) is 2.16. The third-order valence-electron chi connectivity index (χ3n) is 2.96. The van der Waals surface area contributed by atoms with Gasteiger partial charge in [0.1, 0.15) is 0 Å². The van der Waals surface area contributed by atoms with Crippen LogP contribution in [-0.4, -0.2) is 17.8 Å². The van der Waals surface area contributed by atoms with Crippen molar-refractivity contribution in [1.29, 1.82) is 0 Å². The van der Waals surface area contributed by atoms with Crippen LogP contribution in [-0.2, 0) is 6.42 Å². The van der Waals surface area contributed by atoms with Gasteiger partial charge in [-0.25, -0.2) is 4.79 Å². The van der Waals surface area contributed by atoms with Crippen LogP contribution in [0.15, 0.2) is 59.1 Å². The standard InChI is InChI=1S/C14H12N2O/c17-14-15-12-8-4-7-11(13(12)16-14)9-10-5-2-1-3-6-10/h1-8,12H,9H2,(H,15,17). The Morgan fingerprint density at radius 3 is 2.88 bits per heavy atom. The molecule has 1 atom stereocenters.